The average molecular weight is 329 g/mol. The molecule has 0 aliphatic heterocycles. The molecule has 2 rings (SSSR count). The standard InChI is InChI=1S/C19H23NO4/c1-19(18(22)23,10-12-24-2)9-7-14-3-4-15-5-6-16(8-11-21)20-17(15)13-14/h3-7,9,13,21H,8,10-12H2,1-2H3,(H,22,23)/b9-7+/t19-/m0/s1. The number of aliphatic carboxylic acids is 1. The first-order chi connectivity index (χ1) is 11.5. The van der Waals surface area contributed by atoms with E-state index in [1.54, 1.807) is 20.1 Å². The number of pyridine rings is 1. The molecule has 2 aromatic rings. The van der Waals surface area contributed by atoms with Crippen molar-refractivity contribution >= 4 is 22.9 Å². The number of hydrogen-bond acceptors (Lipinski definition) is 4. The fraction of sp³-hybridized carbons (Fsp3) is 0.368. The van der Waals surface area contributed by atoms with E-state index < -0.39 is 11.4 Å². The van der Waals surface area contributed by atoms with Gasteiger partial charge in [0.15, 0.2) is 0 Å². The molecule has 1 aromatic heterocycles. The van der Waals surface area contributed by atoms with Crippen LogP contribution in [0.4, 0.5) is 0 Å². The average Bonchev–Trinajstić information content (AvgIpc) is 2.58. The van der Waals surface area contributed by atoms with E-state index in [1.165, 1.54) is 0 Å². The van der Waals surface area contributed by atoms with Crippen LogP contribution in [0.25, 0.3) is 17.0 Å². The summed E-state index contributed by atoms with van der Waals surface area (Å²) in [5.74, 6) is -0.875. The Bertz CT molecular complexity index is 741. The summed E-state index contributed by atoms with van der Waals surface area (Å²) in [7, 11) is 1.56. The van der Waals surface area contributed by atoms with Crippen LogP contribution in [0.3, 0.4) is 0 Å². The number of carboxylic acids is 1. The third-order valence-corrected chi connectivity index (χ3v) is 4.10. The summed E-state index contributed by atoms with van der Waals surface area (Å²) in [5.41, 5.74) is 1.58. The first kappa shape index (κ1) is 18.1. The fourth-order valence-corrected chi connectivity index (χ4v) is 2.39. The number of aliphatic hydroxyl groups excluding tert-OH is 1. The van der Waals surface area contributed by atoms with Gasteiger partial charge in [-0.1, -0.05) is 30.4 Å². The lowest BCUT2D eigenvalue weighted by molar-refractivity contribution is -0.145. The molecule has 0 bridgehead atoms. The lowest BCUT2D eigenvalue weighted by Gasteiger charge is -2.20. The highest BCUT2D eigenvalue weighted by Crippen LogP contribution is 2.26. The number of ether oxygens (including phenoxy) is 1. The molecule has 5 nitrogen and oxygen atoms in total. The smallest absolute Gasteiger partial charge is 0.313 e. The maximum atomic E-state index is 11.5. The number of rotatable bonds is 8. The first-order valence-corrected chi connectivity index (χ1v) is 7.90. The van der Waals surface area contributed by atoms with Gasteiger partial charge in [-0.2, -0.15) is 0 Å². The molecule has 0 amide bonds. The van der Waals surface area contributed by atoms with Crippen LogP contribution in [0.2, 0.25) is 0 Å². The summed E-state index contributed by atoms with van der Waals surface area (Å²) in [4.78, 5) is 16.1. The van der Waals surface area contributed by atoms with E-state index in [0.717, 1.165) is 22.2 Å². The Morgan fingerprint density at radius 3 is 2.75 bits per heavy atom. The lowest BCUT2D eigenvalue weighted by Crippen LogP contribution is -2.26. The molecule has 0 radical (unpaired) electrons. The third-order valence-electron chi connectivity index (χ3n) is 4.10. The molecular weight excluding hydrogens is 306 g/mol. The van der Waals surface area contributed by atoms with Gasteiger partial charge in [0, 0.05) is 37.8 Å². The van der Waals surface area contributed by atoms with Gasteiger partial charge in [0.25, 0.3) is 0 Å². The highest BCUT2D eigenvalue weighted by Gasteiger charge is 2.29. The predicted octanol–water partition coefficient (Wildman–Crippen LogP) is 2.91. The summed E-state index contributed by atoms with van der Waals surface area (Å²) < 4.78 is 5.01. The van der Waals surface area contributed by atoms with E-state index in [0.29, 0.717) is 19.4 Å². The molecule has 5 heteroatoms. The van der Waals surface area contributed by atoms with Gasteiger partial charge in [-0.15, -0.1) is 0 Å². The van der Waals surface area contributed by atoms with Gasteiger partial charge in [0.2, 0.25) is 0 Å². The molecule has 0 saturated heterocycles. The second-order valence-corrected chi connectivity index (χ2v) is 6.03. The number of fused-ring (bicyclic) bond motifs is 1. The van der Waals surface area contributed by atoms with Crippen molar-refractivity contribution in [2.45, 2.75) is 19.8 Å². The van der Waals surface area contributed by atoms with Gasteiger partial charge in [0.05, 0.1) is 10.9 Å². The molecule has 1 atom stereocenters. The van der Waals surface area contributed by atoms with Crippen LogP contribution in [-0.2, 0) is 16.0 Å². The summed E-state index contributed by atoms with van der Waals surface area (Å²) >= 11 is 0. The van der Waals surface area contributed by atoms with Crippen molar-refractivity contribution in [2.75, 3.05) is 20.3 Å². The molecule has 1 heterocycles. The largest absolute Gasteiger partial charge is 0.481 e. The molecular formula is C19H23NO4. The summed E-state index contributed by atoms with van der Waals surface area (Å²) in [5, 5.41) is 19.5. The summed E-state index contributed by atoms with van der Waals surface area (Å²) in [6, 6.07) is 9.69. The van der Waals surface area contributed by atoms with Gasteiger partial charge in [-0.3, -0.25) is 9.78 Å². The second-order valence-electron chi connectivity index (χ2n) is 6.03. The Hall–Kier alpha value is -2.24. The zero-order valence-electron chi connectivity index (χ0n) is 14.0. The van der Waals surface area contributed by atoms with Gasteiger partial charge in [-0.05, 0) is 31.0 Å². The zero-order valence-corrected chi connectivity index (χ0v) is 14.0. The van der Waals surface area contributed by atoms with E-state index in [2.05, 4.69) is 4.98 Å². The highest BCUT2D eigenvalue weighted by molar-refractivity contribution is 5.82. The Balaban J connectivity index is 2.28. The number of methoxy groups -OCH3 is 1. The highest BCUT2D eigenvalue weighted by atomic mass is 16.5. The maximum Gasteiger partial charge on any atom is 0.313 e. The maximum absolute atomic E-state index is 11.5. The number of aliphatic hydroxyl groups is 1. The van der Waals surface area contributed by atoms with Gasteiger partial charge in [-0.25, -0.2) is 0 Å². The molecule has 0 fully saturated rings. The minimum Gasteiger partial charge on any atom is -0.481 e. The molecule has 0 unspecified atom stereocenters. The van der Waals surface area contributed by atoms with Crippen molar-refractivity contribution in [2.24, 2.45) is 5.41 Å². The van der Waals surface area contributed by atoms with Crippen LogP contribution in [0.15, 0.2) is 36.4 Å². The van der Waals surface area contributed by atoms with Crippen LogP contribution in [0.5, 0.6) is 0 Å². The SMILES string of the molecule is COCC[C@](C)(/C=C/c1ccc2ccc(CCO)nc2c1)C(=O)O. The molecule has 2 N–H and O–H groups in total. The second kappa shape index (κ2) is 8.04. The lowest BCUT2D eigenvalue weighted by atomic mass is 9.86. The van der Waals surface area contributed by atoms with Crippen LogP contribution < -0.4 is 0 Å². The van der Waals surface area contributed by atoms with Crippen LogP contribution in [-0.4, -0.2) is 41.5 Å². The molecule has 0 saturated carbocycles. The Labute approximate surface area is 141 Å². The van der Waals surface area contributed by atoms with Crippen LogP contribution in [0.1, 0.15) is 24.6 Å². The van der Waals surface area contributed by atoms with Crippen molar-refractivity contribution in [3.63, 3.8) is 0 Å². The van der Waals surface area contributed by atoms with Crippen LogP contribution >= 0.6 is 0 Å². The Morgan fingerprint density at radius 1 is 1.33 bits per heavy atom. The summed E-state index contributed by atoms with van der Waals surface area (Å²) in [6.45, 7) is 2.13. The predicted molar refractivity (Wildman–Crippen MR) is 93.8 cm³/mol. The number of carboxylic acid groups (broad SMARTS) is 1. The Morgan fingerprint density at radius 2 is 2.08 bits per heavy atom. The number of aromatic nitrogens is 1. The third kappa shape index (κ3) is 4.40. The number of hydrogen-bond donors (Lipinski definition) is 2. The molecule has 128 valence electrons. The quantitative estimate of drug-likeness (QED) is 0.778. The van der Waals surface area contributed by atoms with Gasteiger partial charge in [0.1, 0.15) is 0 Å². The fourth-order valence-electron chi connectivity index (χ4n) is 2.39. The number of benzene rings is 1. The van der Waals surface area contributed by atoms with Crippen molar-refractivity contribution in [1.29, 1.82) is 0 Å². The van der Waals surface area contributed by atoms with Gasteiger partial charge >= 0.3 is 5.97 Å². The molecule has 0 aliphatic carbocycles. The first-order valence-electron chi connectivity index (χ1n) is 7.90. The van der Waals surface area contributed by atoms with E-state index in [4.69, 9.17) is 9.84 Å². The monoisotopic (exact) mass is 329 g/mol. The van der Waals surface area contributed by atoms with E-state index in [9.17, 15) is 9.90 Å². The van der Waals surface area contributed by atoms with Crippen molar-refractivity contribution in [1.82, 2.24) is 4.98 Å². The Kier molecular flexibility index (Phi) is 6.06. The molecule has 1 aromatic carbocycles. The normalized spacial score (nSPS) is 14.1. The van der Waals surface area contributed by atoms with Crippen molar-refractivity contribution in [3.05, 3.63) is 47.7 Å². The summed E-state index contributed by atoms with van der Waals surface area (Å²) in [6.07, 6.45) is 4.43. The van der Waals surface area contributed by atoms with Gasteiger partial charge < -0.3 is 14.9 Å². The molecule has 0 aliphatic rings. The number of carbonyl (C=O) groups is 1. The zero-order chi connectivity index (χ0) is 17.6. The topological polar surface area (TPSA) is 79.7 Å². The van der Waals surface area contributed by atoms with E-state index in [1.807, 2.05) is 36.4 Å². The van der Waals surface area contributed by atoms with Crippen molar-refractivity contribution in [3.8, 4) is 0 Å². The number of nitrogens with zero attached hydrogens (tertiary/aromatic N) is 1. The minimum absolute atomic E-state index is 0.0641. The van der Waals surface area contributed by atoms with Crippen molar-refractivity contribution < 1.29 is 19.7 Å². The van der Waals surface area contributed by atoms with E-state index in [-0.39, 0.29) is 6.61 Å². The minimum atomic E-state index is -0.975. The molecule has 0 spiro atoms. The van der Waals surface area contributed by atoms with E-state index >= 15 is 0 Å². The van der Waals surface area contributed by atoms with Crippen LogP contribution in [0, 0.1) is 5.41 Å². The molecule has 24 heavy (non-hydrogen) atoms.